The SMILES string of the molecule is Cc1cc(OCCC[NH+]2CCCC2)cc(C)c1Cl. The summed E-state index contributed by atoms with van der Waals surface area (Å²) in [5.41, 5.74) is 2.19. The molecule has 0 atom stereocenters. The van der Waals surface area contributed by atoms with Gasteiger partial charge in [0, 0.05) is 24.3 Å². The van der Waals surface area contributed by atoms with E-state index in [0.717, 1.165) is 34.9 Å². The molecule has 0 aromatic heterocycles. The number of halogens is 1. The molecule has 0 saturated carbocycles. The lowest BCUT2D eigenvalue weighted by atomic mass is 10.1. The lowest BCUT2D eigenvalue weighted by Crippen LogP contribution is -3.10. The van der Waals surface area contributed by atoms with Crippen LogP contribution in [0.15, 0.2) is 12.1 Å². The molecule has 0 radical (unpaired) electrons. The van der Waals surface area contributed by atoms with E-state index in [9.17, 15) is 0 Å². The van der Waals surface area contributed by atoms with Crippen molar-refractivity contribution in [1.82, 2.24) is 0 Å². The molecule has 1 aliphatic rings. The standard InChI is InChI=1S/C15H22ClNO/c1-12-10-14(11-13(2)15(12)16)18-9-5-8-17-6-3-4-7-17/h10-11H,3-9H2,1-2H3/p+1. The van der Waals surface area contributed by atoms with Crippen molar-refractivity contribution >= 4 is 11.6 Å². The quantitative estimate of drug-likeness (QED) is 0.810. The minimum absolute atomic E-state index is 0.810. The Hall–Kier alpha value is -0.730. The molecule has 3 heteroatoms. The molecule has 2 nitrogen and oxygen atoms in total. The van der Waals surface area contributed by atoms with Gasteiger partial charge in [0.15, 0.2) is 0 Å². The normalized spacial score (nSPS) is 16.2. The van der Waals surface area contributed by atoms with E-state index in [0.29, 0.717) is 0 Å². The molecule has 1 fully saturated rings. The van der Waals surface area contributed by atoms with Gasteiger partial charge in [-0.15, -0.1) is 0 Å². The van der Waals surface area contributed by atoms with Crippen LogP contribution in [0, 0.1) is 13.8 Å². The van der Waals surface area contributed by atoms with E-state index in [4.69, 9.17) is 16.3 Å². The van der Waals surface area contributed by atoms with Crippen LogP contribution in [-0.4, -0.2) is 26.2 Å². The Balaban J connectivity index is 1.76. The van der Waals surface area contributed by atoms with E-state index in [1.807, 2.05) is 26.0 Å². The first-order chi connectivity index (χ1) is 8.66. The smallest absolute Gasteiger partial charge is 0.119 e. The van der Waals surface area contributed by atoms with Gasteiger partial charge >= 0.3 is 0 Å². The van der Waals surface area contributed by atoms with E-state index in [-0.39, 0.29) is 0 Å². The van der Waals surface area contributed by atoms with Gasteiger partial charge in [-0.05, 0) is 37.1 Å². The molecule has 100 valence electrons. The number of nitrogens with one attached hydrogen (secondary N) is 1. The van der Waals surface area contributed by atoms with Gasteiger partial charge in [-0.3, -0.25) is 0 Å². The second-order valence-electron chi connectivity index (χ2n) is 5.28. The lowest BCUT2D eigenvalue weighted by molar-refractivity contribution is -0.887. The summed E-state index contributed by atoms with van der Waals surface area (Å²) in [6, 6.07) is 4.05. The molecular weight excluding hydrogens is 246 g/mol. The van der Waals surface area contributed by atoms with Gasteiger partial charge in [0.05, 0.1) is 26.2 Å². The molecule has 0 bridgehead atoms. The maximum absolute atomic E-state index is 6.14. The van der Waals surface area contributed by atoms with Crippen LogP contribution in [0.1, 0.15) is 30.4 Å². The Kier molecular flexibility index (Phi) is 4.90. The Bertz CT molecular complexity index is 376. The first kappa shape index (κ1) is 13.7. The number of rotatable bonds is 5. The van der Waals surface area contributed by atoms with Crippen LogP contribution in [0.25, 0.3) is 0 Å². The average molecular weight is 269 g/mol. The molecule has 2 rings (SSSR count). The maximum atomic E-state index is 6.14. The second-order valence-corrected chi connectivity index (χ2v) is 5.66. The molecule has 1 aromatic rings. The Morgan fingerprint density at radius 2 is 1.78 bits per heavy atom. The highest BCUT2D eigenvalue weighted by Crippen LogP contribution is 2.25. The van der Waals surface area contributed by atoms with E-state index < -0.39 is 0 Å². The van der Waals surface area contributed by atoms with Gasteiger partial charge in [-0.1, -0.05) is 11.6 Å². The summed E-state index contributed by atoms with van der Waals surface area (Å²) in [6.45, 7) is 8.79. The second kappa shape index (κ2) is 6.44. The number of hydrogen-bond donors (Lipinski definition) is 1. The fraction of sp³-hybridized carbons (Fsp3) is 0.600. The van der Waals surface area contributed by atoms with E-state index in [1.54, 1.807) is 4.90 Å². The van der Waals surface area contributed by atoms with Crippen LogP contribution in [0.5, 0.6) is 5.75 Å². The first-order valence-electron chi connectivity index (χ1n) is 6.90. The Morgan fingerprint density at radius 3 is 2.39 bits per heavy atom. The van der Waals surface area contributed by atoms with Gasteiger partial charge in [0.2, 0.25) is 0 Å². The first-order valence-corrected chi connectivity index (χ1v) is 7.28. The number of ether oxygens (including phenoxy) is 1. The predicted octanol–water partition coefficient (Wildman–Crippen LogP) is 2.40. The van der Waals surface area contributed by atoms with Crippen LogP contribution in [0.3, 0.4) is 0 Å². The highest BCUT2D eigenvalue weighted by Gasteiger charge is 2.14. The van der Waals surface area contributed by atoms with E-state index in [1.165, 1.54) is 32.5 Å². The van der Waals surface area contributed by atoms with Crippen LogP contribution in [0.4, 0.5) is 0 Å². The minimum atomic E-state index is 0.810. The molecule has 0 spiro atoms. The van der Waals surface area contributed by atoms with Crippen molar-refractivity contribution in [2.45, 2.75) is 33.1 Å². The third-order valence-electron chi connectivity index (χ3n) is 3.66. The summed E-state index contributed by atoms with van der Waals surface area (Å²) in [6.07, 6.45) is 3.92. The van der Waals surface area contributed by atoms with Crippen LogP contribution < -0.4 is 9.64 Å². The van der Waals surface area contributed by atoms with Crippen molar-refractivity contribution in [2.24, 2.45) is 0 Å². The largest absolute Gasteiger partial charge is 0.493 e. The highest BCUT2D eigenvalue weighted by atomic mass is 35.5. The number of aryl methyl sites for hydroxylation is 2. The fourth-order valence-electron chi connectivity index (χ4n) is 2.63. The van der Waals surface area contributed by atoms with Crippen molar-refractivity contribution in [2.75, 3.05) is 26.2 Å². The van der Waals surface area contributed by atoms with Gasteiger partial charge in [0.25, 0.3) is 0 Å². The van der Waals surface area contributed by atoms with Crippen molar-refractivity contribution in [3.63, 3.8) is 0 Å². The number of benzene rings is 1. The molecule has 1 saturated heterocycles. The Morgan fingerprint density at radius 1 is 1.17 bits per heavy atom. The van der Waals surface area contributed by atoms with Crippen molar-refractivity contribution in [3.05, 3.63) is 28.3 Å². The van der Waals surface area contributed by atoms with E-state index >= 15 is 0 Å². The fourth-order valence-corrected chi connectivity index (χ4v) is 2.74. The minimum Gasteiger partial charge on any atom is -0.493 e. The Labute approximate surface area is 115 Å². The summed E-state index contributed by atoms with van der Waals surface area (Å²) < 4.78 is 5.81. The lowest BCUT2D eigenvalue weighted by Gasteiger charge is -2.13. The summed E-state index contributed by atoms with van der Waals surface area (Å²) in [4.78, 5) is 1.74. The topological polar surface area (TPSA) is 13.7 Å². The summed E-state index contributed by atoms with van der Waals surface area (Å²) in [5.74, 6) is 0.950. The van der Waals surface area contributed by atoms with Gasteiger partial charge in [-0.2, -0.15) is 0 Å². The predicted molar refractivity (Wildman–Crippen MR) is 75.8 cm³/mol. The van der Waals surface area contributed by atoms with Gasteiger partial charge in [-0.25, -0.2) is 0 Å². The molecule has 0 aliphatic carbocycles. The van der Waals surface area contributed by atoms with E-state index in [2.05, 4.69) is 0 Å². The zero-order chi connectivity index (χ0) is 13.0. The average Bonchev–Trinajstić information content (AvgIpc) is 2.84. The third-order valence-corrected chi connectivity index (χ3v) is 4.26. The highest BCUT2D eigenvalue weighted by molar-refractivity contribution is 6.32. The molecule has 0 amide bonds. The monoisotopic (exact) mass is 268 g/mol. The number of quaternary nitrogens is 1. The summed E-state index contributed by atoms with van der Waals surface area (Å²) in [7, 11) is 0. The maximum Gasteiger partial charge on any atom is 0.119 e. The third kappa shape index (κ3) is 3.63. The zero-order valence-electron chi connectivity index (χ0n) is 11.4. The molecule has 0 unspecified atom stereocenters. The van der Waals surface area contributed by atoms with Crippen molar-refractivity contribution in [3.8, 4) is 5.75 Å². The number of hydrogen-bond acceptors (Lipinski definition) is 1. The molecule has 1 N–H and O–H groups in total. The zero-order valence-corrected chi connectivity index (χ0v) is 12.1. The van der Waals surface area contributed by atoms with Gasteiger partial charge in [0.1, 0.15) is 5.75 Å². The molecule has 1 aliphatic heterocycles. The summed E-state index contributed by atoms with van der Waals surface area (Å²) in [5, 5.41) is 0.851. The molecular formula is C15H23ClNO+. The molecule has 1 heterocycles. The summed E-state index contributed by atoms with van der Waals surface area (Å²) >= 11 is 6.14. The number of likely N-dealkylation sites (tertiary alicyclic amines) is 1. The van der Waals surface area contributed by atoms with Crippen LogP contribution in [-0.2, 0) is 0 Å². The van der Waals surface area contributed by atoms with Crippen LogP contribution in [0.2, 0.25) is 5.02 Å². The van der Waals surface area contributed by atoms with Crippen molar-refractivity contribution < 1.29 is 9.64 Å². The van der Waals surface area contributed by atoms with Crippen molar-refractivity contribution in [1.29, 1.82) is 0 Å². The van der Waals surface area contributed by atoms with Crippen LogP contribution >= 0.6 is 11.6 Å². The van der Waals surface area contributed by atoms with Gasteiger partial charge < -0.3 is 9.64 Å². The molecule has 1 aromatic carbocycles. The molecule has 18 heavy (non-hydrogen) atoms.